The van der Waals surface area contributed by atoms with E-state index in [1.54, 1.807) is 11.9 Å². The lowest BCUT2D eigenvalue weighted by Gasteiger charge is -2.22. The van der Waals surface area contributed by atoms with Crippen LogP contribution in [0.2, 0.25) is 0 Å². The third-order valence-corrected chi connectivity index (χ3v) is 1.92. The molecule has 0 aromatic rings. The molecule has 0 aromatic heterocycles. The van der Waals surface area contributed by atoms with Crippen molar-refractivity contribution in [2.24, 2.45) is 10.9 Å². The number of oxime groups is 1. The van der Waals surface area contributed by atoms with Gasteiger partial charge in [0.15, 0.2) is 0 Å². The van der Waals surface area contributed by atoms with Gasteiger partial charge in [-0.25, -0.2) is 0 Å². The minimum absolute atomic E-state index is 0.139. The van der Waals surface area contributed by atoms with E-state index in [9.17, 15) is 0 Å². The Kier molecular flexibility index (Phi) is 2.53. The smallest absolute Gasteiger partial charge is 0.233 e. The highest BCUT2D eigenvalue weighted by Gasteiger charge is 2.21. The van der Waals surface area contributed by atoms with Crippen LogP contribution in [-0.4, -0.2) is 42.4 Å². The Bertz CT molecular complexity index is 154. The van der Waals surface area contributed by atoms with Gasteiger partial charge in [-0.2, -0.15) is 0 Å². The monoisotopic (exact) mass is 159 g/mol. The average molecular weight is 159 g/mol. The van der Waals surface area contributed by atoms with E-state index in [-0.39, 0.29) is 12.0 Å². The SMILES string of the molecule is CN(C(N)=NO)C1CCOC1. The van der Waals surface area contributed by atoms with Crippen molar-refractivity contribution in [2.75, 3.05) is 20.3 Å². The molecule has 1 aliphatic heterocycles. The molecule has 0 aliphatic carbocycles. The molecule has 0 saturated carbocycles. The molecule has 1 rings (SSSR count). The van der Waals surface area contributed by atoms with Crippen molar-refractivity contribution in [3.63, 3.8) is 0 Å². The molecule has 3 N–H and O–H groups in total. The van der Waals surface area contributed by atoms with Crippen LogP contribution in [0.15, 0.2) is 5.16 Å². The topological polar surface area (TPSA) is 71.1 Å². The van der Waals surface area contributed by atoms with Crippen LogP contribution in [0.25, 0.3) is 0 Å². The zero-order valence-corrected chi connectivity index (χ0v) is 6.53. The highest BCUT2D eigenvalue weighted by atomic mass is 16.5. The first-order valence-corrected chi connectivity index (χ1v) is 3.54. The van der Waals surface area contributed by atoms with E-state index in [1.807, 2.05) is 0 Å². The maximum Gasteiger partial charge on any atom is 0.233 e. The third-order valence-electron chi connectivity index (χ3n) is 1.92. The van der Waals surface area contributed by atoms with Crippen LogP contribution < -0.4 is 5.73 Å². The summed E-state index contributed by atoms with van der Waals surface area (Å²) in [6.45, 7) is 1.42. The lowest BCUT2D eigenvalue weighted by atomic mass is 10.2. The number of ether oxygens (including phenoxy) is 1. The first-order valence-electron chi connectivity index (χ1n) is 3.54. The van der Waals surface area contributed by atoms with Crippen LogP contribution in [0.4, 0.5) is 0 Å². The fourth-order valence-corrected chi connectivity index (χ4v) is 1.09. The Balaban J connectivity index is 2.45. The second-order valence-electron chi connectivity index (χ2n) is 2.59. The summed E-state index contributed by atoms with van der Waals surface area (Å²) in [7, 11) is 1.79. The molecular formula is C6H13N3O2. The van der Waals surface area contributed by atoms with Crippen LogP contribution in [0.5, 0.6) is 0 Å². The number of hydrogen-bond acceptors (Lipinski definition) is 3. The fraction of sp³-hybridized carbons (Fsp3) is 0.833. The molecular weight excluding hydrogens is 146 g/mol. The molecule has 5 nitrogen and oxygen atoms in total. The van der Waals surface area contributed by atoms with E-state index >= 15 is 0 Å². The standard InChI is InChI=1S/C6H13N3O2/c1-9(6(7)8-10)5-2-3-11-4-5/h5,10H,2-4H2,1H3,(H2,7,8). The summed E-state index contributed by atoms with van der Waals surface area (Å²) in [5.74, 6) is 0.139. The number of nitrogens with zero attached hydrogens (tertiary/aromatic N) is 2. The molecule has 1 fully saturated rings. The Labute approximate surface area is 65.4 Å². The molecule has 0 spiro atoms. The van der Waals surface area contributed by atoms with E-state index < -0.39 is 0 Å². The van der Waals surface area contributed by atoms with Gasteiger partial charge in [-0.1, -0.05) is 5.16 Å². The van der Waals surface area contributed by atoms with Gasteiger partial charge in [-0.15, -0.1) is 0 Å². The zero-order valence-electron chi connectivity index (χ0n) is 6.53. The van der Waals surface area contributed by atoms with Crippen LogP contribution >= 0.6 is 0 Å². The third kappa shape index (κ3) is 1.74. The van der Waals surface area contributed by atoms with Gasteiger partial charge in [0.25, 0.3) is 0 Å². The Hall–Kier alpha value is -0.970. The molecule has 1 saturated heterocycles. The number of rotatable bonds is 1. The largest absolute Gasteiger partial charge is 0.408 e. The Morgan fingerprint density at radius 3 is 3.00 bits per heavy atom. The van der Waals surface area contributed by atoms with Crippen molar-refractivity contribution in [1.29, 1.82) is 0 Å². The van der Waals surface area contributed by atoms with Gasteiger partial charge in [-0.3, -0.25) is 0 Å². The molecule has 0 amide bonds. The Morgan fingerprint density at radius 2 is 2.55 bits per heavy atom. The summed E-state index contributed by atoms with van der Waals surface area (Å²) < 4.78 is 5.14. The lowest BCUT2D eigenvalue weighted by Crippen LogP contribution is -2.42. The van der Waals surface area contributed by atoms with Gasteiger partial charge in [0.2, 0.25) is 5.96 Å². The van der Waals surface area contributed by atoms with Gasteiger partial charge in [0.05, 0.1) is 12.6 Å². The molecule has 1 unspecified atom stereocenters. The van der Waals surface area contributed by atoms with Crippen LogP contribution in [-0.2, 0) is 4.74 Å². The number of nitrogens with two attached hydrogens (primary N) is 1. The number of hydrogen-bond donors (Lipinski definition) is 2. The number of guanidine groups is 1. The van der Waals surface area contributed by atoms with Crippen LogP contribution in [0.3, 0.4) is 0 Å². The van der Waals surface area contributed by atoms with E-state index in [1.165, 1.54) is 0 Å². The van der Waals surface area contributed by atoms with Gasteiger partial charge in [0, 0.05) is 13.7 Å². The van der Waals surface area contributed by atoms with E-state index in [0.717, 1.165) is 13.0 Å². The summed E-state index contributed by atoms with van der Waals surface area (Å²) in [6.07, 6.45) is 0.937. The molecule has 1 aliphatic rings. The summed E-state index contributed by atoms with van der Waals surface area (Å²) >= 11 is 0. The molecule has 1 atom stereocenters. The van der Waals surface area contributed by atoms with Crippen molar-refractivity contribution >= 4 is 5.96 Å². The van der Waals surface area contributed by atoms with Gasteiger partial charge < -0.3 is 20.6 Å². The van der Waals surface area contributed by atoms with Crippen molar-refractivity contribution < 1.29 is 9.94 Å². The lowest BCUT2D eigenvalue weighted by molar-refractivity contribution is 0.177. The average Bonchev–Trinajstić information content (AvgIpc) is 2.53. The predicted octanol–water partition coefficient (Wildman–Crippen LogP) is -0.589. The quantitative estimate of drug-likeness (QED) is 0.232. The second-order valence-corrected chi connectivity index (χ2v) is 2.59. The predicted molar refractivity (Wildman–Crippen MR) is 40.4 cm³/mol. The highest BCUT2D eigenvalue weighted by molar-refractivity contribution is 5.77. The summed E-state index contributed by atoms with van der Waals surface area (Å²) in [5, 5.41) is 11.2. The molecule has 5 heteroatoms. The second kappa shape index (κ2) is 3.43. The van der Waals surface area contributed by atoms with Gasteiger partial charge in [0.1, 0.15) is 0 Å². The maximum absolute atomic E-state index is 8.35. The summed E-state index contributed by atoms with van der Waals surface area (Å²) in [6, 6.07) is 0.255. The van der Waals surface area contributed by atoms with Crippen LogP contribution in [0.1, 0.15) is 6.42 Å². The number of likely N-dealkylation sites (N-methyl/N-ethyl adjacent to an activating group) is 1. The molecule has 0 radical (unpaired) electrons. The van der Waals surface area contributed by atoms with E-state index in [2.05, 4.69) is 5.16 Å². The molecule has 64 valence electrons. The molecule has 1 heterocycles. The van der Waals surface area contributed by atoms with Crippen molar-refractivity contribution in [1.82, 2.24) is 4.90 Å². The fourth-order valence-electron chi connectivity index (χ4n) is 1.09. The summed E-state index contributed by atoms with van der Waals surface area (Å²) in [4.78, 5) is 1.72. The molecule has 0 bridgehead atoms. The minimum Gasteiger partial charge on any atom is -0.408 e. The first-order chi connectivity index (χ1) is 5.25. The van der Waals surface area contributed by atoms with Gasteiger partial charge in [-0.05, 0) is 6.42 Å². The van der Waals surface area contributed by atoms with Crippen LogP contribution in [0, 0.1) is 0 Å². The maximum atomic E-state index is 8.35. The summed E-state index contributed by atoms with van der Waals surface area (Å²) in [5.41, 5.74) is 5.37. The van der Waals surface area contributed by atoms with E-state index in [0.29, 0.717) is 6.61 Å². The minimum atomic E-state index is 0.139. The molecule has 11 heavy (non-hydrogen) atoms. The first kappa shape index (κ1) is 8.13. The normalized spacial score (nSPS) is 25.5. The highest BCUT2D eigenvalue weighted by Crippen LogP contribution is 2.09. The van der Waals surface area contributed by atoms with Gasteiger partial charge >= 0.3 is 0 Å². The zero-order chi connectivity index (χ0) is 8.27. The molecule has 0 aromatic carbocycles. The van der Waals surface area contributed by atoms with E-state index in [4.69, 9.17) is 15.7 Å². The van der Waals surface area contributed by atoms with Crippen molar-refractivity contribution in [3.8, 4) is 0 Å². The Morgan fingerprint density at radius 1 is 1.82 bits per heavy atom. The van der Waals surface area contributed by atoms with Crippen molar-refractivity contribution in [2.45, 2.75) is 12.5 Å². The van der Waals surface area contributed by atoms with Crippen molar-refractivity contribution in [3.05, 3.63) is 0 Å².